The van der Waals surface area contributed by atoms with Gasteiger partial charge in [-0.25, -0.2) is 0 Å². The second kappa shape index (κ2) is 6.64. The van der Waals surface area contributed by atoms with Gasteiger partial charge < -0.3 is 9.84 Å². The van der Waals surface area contributed by atoms with Gasteiger partial charge in [0, 0.05) is 11.6 Å². The molecule has 0 saturated carbocycles. The number of rotatable bonds is 6. The number of ether oxygens (including phenoxy) is 1. The minimum absolute atomic E-state index is 0.0347. The van der Waals surface area contributed by atoms with Crippen molar-refractivity contribution in [2.45, 2.75) is 6.04 Å². The second-order valence-electron chi connectivity index (χ2n) is 3.90. The molecule has 0 fully saturated rings. The van der Waals surface area contributed by atoms with Crippen LogP contribution in [0.5, 0.6) is 5.75 Å². The number of benzene rings is 1. The van der Waals surface area contributed by atoms with Crippen molar-refractivity contribution in [1.29, 1.82) is 0 Å². The van der Waals surface area contributed by atoms with E-state index in [1.54, 1.807) is 7.11 Å². The number of hydrogen-bond acceptors (Lipinski definition) is 3. The van der Waals surface area contributed by atoms with Gasteiger partial charge in [0.2, 0.25) is 0 Å². The monoisotopic (exact) mass is 255 g/mol. The maximum absolute atomic E-state index is 9.44. The average molecular weight is 256 g/mol. The molecule has 94 valence electrons. The Morgan fingerprint density at radius 1 is 1.47 bits per heavy atom. The second-order valence-corrected chi connectivity index (χ2v) is 4.44. The minimum Gasteiger partial charge on any atom is -0.497 e. The zero-order valence-corrected chi connectivity index (χ0v) is 10.9. The molecule has 0 aliphatic heterocycles. The van der Waals surface area contributed by atoms with E-state index in [-0.39, 0.29) is 12.6 Å². The molecule has 0 heterocycles. The lowest BCUT2D eigenvalue weighted by molar-refractivity contribution is 0.158. The van der Waals surface area contributed by atoms with E-state index in [0.29, 0.717) is 11.6 Å². The number of nitrogens with zero attached hydrogens (tertiary/aromatic N) is 1. The number of methoxy groups -OCH3 is 1. The predicted octanol–water partition coefficient (Wildman–Crippen LogP) is 2.41. The van der Waals surface area contributed by atoms with E-state index in [0.717, 1.165) is 11.3 Å². The molecular formula is C13H18ClNO2. The lowest BCUT2D eigenvalue weighted by Gasteiger charge is -2.26. The first kappa shape index (κ1) is 14.0. The predicted molar refractivity (Wildman–Crippen MR) is 70.4 cm³/mol. The van der Waals surface area contributed by atoms with Gasteiger partial charge in [-0.05, 0) is 24.7 Å². The highest BCUT2D eigenvalue weighted by atomic mass is 35.5. The molecule has 0 aromatic heterocycles. The van der Waals surface area contributed by atoms with E-state index in [2.05, 4.69) is 6.58 Å². The number of aliphatic hydroxyl groups excluding tert-OH is 1. The van der Waals surface area contributed by atoms with Crippen molar-refractivity contribution < 1.29 is 9.84 Å². The highest BCUT2D eigenvalue weighted by Gasteiger charge is 2.16. The molecule has 4 heteroatoms. The van der Waals surface area contributed by atoms with Crippen LogP contribution in [0.1, 0.15) is 11.6 Å². The first-order valence-corrected chi connectivity index (χ1v) is 5.74. The van der Waals surface area contributed by atoms with Gasteiger partial charge in [0.05, 0.1) is 19.8 Å². The molecule has 0 saturated heterocycles. The summed E-state index contributed by atoms with van der Waals surface area (Å²) < 4.78 is 5.10. The summed E-state index contributed by atoms with van der Waals surface area (Å²) in [7, 11) is 3.53. The van der Waals surface area contributed by atoms with Crippen molar-refractivity contribution in [3.63, 3.8) is 0 Å². The molecule has 0 aliphatic rings. The van der Waals surface area contributed by atoms with Gasteiger partial charge in [-0.3, -0.25) is 4.90 Å². The Morgan fingerprint density at radius 3 is 2.47 bits per heavy atom. The van der Waals surface area contributed by atoms with E-state index < -0.39 is 0 Å². The van der Waals surface area contributed by atoms with Crippen LogP contribution >= 0.6 is 11.6 Å². The Kier molecular flexibility index (Phi) is 5.48. The zero-order chi connectivity index (χ0) is 12.8. The fraction of sp³-hybridized carbons (Fsp3) is 0.385. The molecule has 17 heavy (non-hydrogen) atoms. The molecular weight excluding hydrogens is 238 g/mol. The van der Waals surface area contributed by atoms with Gasteiger partial charge in [0.25, 0.3) is 0 Å². The largest absolute Gasteiger partial charge is 0.497 e. The van der Waals surface area contributed by atoms with Gasteiger partial charge in [0.1, 0.15) is 5.75 Å². The van der Waals surface area contributed by atoms with E-state index in [1.807, 2.05) is 36.2 Å². The van der Waals surface area contributed by atoms with E-state index in [4.69, 9.17) is 16.3 Å². The highest BCUT2D eigenvalue weighted by molar-refractivity contribution is 6.29. The summed E-state index contributed by atoms with van der Waals surface area (Å²) in [5.41, 5.74) is 1.02. The highest BCUT2D eigenvalue weighted by Crippen LogP contribution is 2.22. The molecule has 1 aromatic carbocycles. The number of likely N-dealkylation sites (N-methyl/N-ethyl adjacent to an activating group) is 1. The van der Waals surface area contributed by atoms with Crippen molar-refractivity contribution in [3.8, 4) is 5.75 Å². The maximum Gasteiger partial charge on any atom is 0.118 e. The standard InChI is InChI=1S/C13H18ClNO2/c1-10(14)8-15(2)13(9-16)11-4-6-12(17-3)7-5-11/h4-7,13,16H,1,8-9H2,2-3H3. The quantitative estimate of drug-likeness (QED) is 0.847. The number of hydrogen-bond donors (Lipinski definition) is 1. The minimum atomic E-state index is -0.0867. The lowest BCUT2D eigenvalue weighted by atomic mass is 10.1. The normalized spacial score (nSPS) is 12.5. The fourth-order valence-corrected chi connectivity index (χ4v) is 1.89. The number of aliphatic hydroxyl groups is 1. The average Bonchev–Trinajstić information content (AvgIpc) is 2.30. The Morgan fingerprint density at radius 2 is 2.06 bits per heavy atom. The van der Waals surface area contributed by atoms with Crippen LogP contribution in [-0.4, -0.2) is 37.3 Å². The van der Waals surface area contributed by atoms with Crippen molar-refractivity contribution in [1.82, 2.24) is 4.90 Å². The Bertz CT molecular complexity index is 364. The molecule has 3 nitrogen and oxygen atoms in total. The topological polar surface area (TPSA) is 32.7 Å². The molecule has 0 spiro atoms. The van der Waals surface area contributed by atoms with Crippen LogP contribution in [0.15, 0.2) is 35.9 Å². The third-order valence-corrected chi connectivity index (χ3v) is 2.75. The van der Waals surface area contributed by atoms with Crippen LogP contribution in [0.3, 0.4) is 0 Å². The van der Waals surface area contributed by atoms with Crippen molar-refractivity contribution in [2.75, 3.05) is 27.3 Å². The summed E-state index contributed by atoms with van der Waals surface area (Å²) in [5.74, 6) is 0.801. The first-order chi connectivity index (χ1) is 8.08. The smallest absolute Gasteiger partial charge is 0.118 e. The zero-order valence-electron chi connectivity index (χ0n) is 10.2. The van der Waals surface area contributed by atoms with Gasteiger partial charge in [-0.2, -0.15) is 0 Å². The van der Waals surface area contributed by atoms with Crippen LogP contribution in [0, 0.1) is 0 Å². The van der Waals surface area contributed by atoms with Crippen LogP contribution in [0.4, 0.5) is 0 Å². The Labute approximate surface area is 107 Å². The van der Waals surface area contributed by atoms with Crippen molar-refractivity contribution in [2.24, 2.45) is 0 Å². The molecule has 1 rings (SSSR count). The van der Waals surface area contributed by atoms with Gasteiger partial charge in [0.15, 0.2) is 0 Å². The first-order valence-electron chi connectivity index (χ1n) is 5.36. The maximum atomic E-state index is 9.44. The van der Waals surface area contributed by atoms with E-state index in [9.17, 15) is 5.11 Å². The fourth-order valence-electron chi connectivity index (χ4n) is 1.71. The summed E-state index contributed by atoms with van der Waals surface area (Å²) in [5, 5.41) is 10.00. The van der Waals surface area contributed by atoms with Crippen LogP contribution in [0.2, 0.25) is 0 Å². The Balaban J connectivity index is 2.81. The molecule has 1 unspecified atom stereocenters. The third kappa shape index (κ3) is 4.04. The van der Waals surface area contributed by atoms with Crippen molar-refractivity contribution in [3.05, 3.63) is 41.4 Å². The molecule has 1 N–H and O–H groups in total. The van der Waals surface area contributed by atoms with Gasteiger partial charge in [-0.1, -0.05) is 30.3 Å². The molecule has 0 bridgehead atoms. The summed E-state index contributed by atoms with van der Waals surface area (Å²) in [6, 6.07) is 7.54. The summed E-state index contributed by atoms with van der Waals surface area (Å²) in [4.78, 5) is 1.96. The Hall–Kier alpha value is -1.03. The SMILES string of the molecule is C=C(Cl)CN(C)C(CO)c1ccc(OC)cc1. The van der Waals surface area contributed by atoms with Gasteiger partial charge in [-0.15, -0.1) is 0 Å². The van der Waals surface area contributed by atoms with Crippen LogP contribution < -0.4 is 4.74 Å². The summed E-state index contributed by atoms with van der Waals surface area (Å²) in [6.45, 7) is 4.23. The molecule has 1 aromatic rings. The van der Waals surface area contributed by atoms with E-state index in [1.165, 1.54) is 0 Å². The van der Waals surface area contributed by atoms with Crippen LogP contribution in [0.25, 0.3) is 0 Å². The summed E-state index contributed by atoms with van der Waals surface area (Å²) in [6.07, 6.45) is 0. The summed E-state index contributed by atoms with van der Waals surface area (Å²) >= 11 is 5.77. The van der Waals surface area contributed by atoms with Crippen LogP contribution in [-0.2, 0) is 0 Å². The van der Waals surface area contributed by atoms with E-state index >= 15 is 0 Å². The molecule has 0 amide bonds. The molecule has 1 atom stereocenters. The molecule has 0 radical (unpaired) electrons. The third-order valence-electron chi connectivity index (χ3n) is 2.63. The van der Waals surface area contributed by atoms with Crippen molar-refractivity contribution >= 4 is 11.6 Å². The van der Waals surface area contributed by atoms with Gasteiger partial charge >= 0.3 is 0 Å². The number of halogens is 1. The lowest BCUT2D eigenvalue weighted by Crippen LogP contribution is -2.28. The molecule has 0 aliphatic carbocycles.